The van der Waals surface area contributed by atoms with E-state index in [1.54, 1.807) is 12.1 Å². The number of aliphatic imine (C=N–C) groups is 1. The van der Waals surface area contributed by atoms with E-state index in [0.717, 1.165) is 37.6 Å². The van der Waals surface area contributed by atoms with Gasteiger partial charge in [-0.05, 0) is 42.2 Å². The summed E-state index contributed by atoms with van der Waals surface area (Å²) in [5, 5.41) is 12.8. The Hall–Kier alpha value is -2.02. The van der Waals surface area contributed by atoms with E-state index in [-0.39, 0.29) is 29.7 Å². The Labute approximate surface area is 172 Å². The number of halogens is 1. The third-order valence-corrected chi connectivity index (χ3v) is 4.34. The van der Waals surface area contributed by atoms with E-state index >= 15 is 0 Å². The van der Waals surface area contributed by atoms with Crippen LogP contribution in [0.1, 0.15) is 24.5 Å². The zero-order valence-corrected chi connectivity index (χ0v) is 17.4. The lowest BCUT2D eigenvalue weighted by molar-refractivity contribution is 0.440. The van der Waals surface area contributed by atoms with Crippen LogP contribution in [0.15, 0.2) is 65.7 Å². The van der Waals surface area contributed by atoms with Crippen LogP contribution >= 0.6 is 24.0 Å². The summed E-state index contributed by atoms with van der Waals surface area (Å²) < 4.78 is 0. The molecule has 1 aliphatic heterocycles. The summed E-state index contributed by atoms with van der Waals surface area (Å²) in [5.41, 5.74) is 3.81. The van der Waals surface area contributed by atoms with Gasteiger partial charge in [0.2, 0.25) is 0 Å². The lowest BCUT2D eigenvalue weighted by atomic mass is 10.00. The SMILES string of the molecule is CCNC(=NCc1ccc(O)cc1)N1CC=C(c2ccccc2)CC1.I. The molecule has 1 aliphatic rings. The van der Waals surface area contributed by atoms with Crippen molar-refractivity contribution in [1.29, 1.82) is 0 Å². The van der Waals surface area contributed by atoms with Crippen molar-refractivity contribution in [2.45, 2.75) is 19.9 Å². The fourth-order valence-corrected chi connectivity index (χ4v) is 2.97. The highest BCUT2D eigenvalue weighted by Gasteiger charge is 2.16. The maximum absolute atomic E-state index is 9.38. The topological polar surface area (TPSA) is 47.9 Å². The van der Waals surface area contributed by atoms with Crippen molar-refractivity contribution < 1.29 is 5.11 Å². The highest BCUT2D eigenvalue weighted by Crippen LogP contribution is 2.22. The molecule has 2 aromatic carbocycles. The van der Waals surface area contributed by atoms with Crippen molar-refractivity contribution in [3.05, 3.63) is 71.8 Å². The second-order valence-corrected chi connectivity index (χ2v) is 6.13. The monoisotopic (exact) mass is 463 g/mol. The van der Waals surface area contributed by atoms with Crippen LogP contribution in [0, 0.1) is 0 Å². The van der Waals surface area contributed by atoms with Crippen molar-refractivity contribution in [3.63, 3.8) is 0 Å². The first-order chi connectivity index (χ1) is 12.3. The number of hydrogen-bond donors (Lipinski definition) is 2. The quantitative estimate of drug-likeness (QED) is 0.405. The van der Waals surface area contributed by atoms with E-state index in [0.29, 0.717) is 6.54 Å². The van der Waals surface area contributed by atoms with Crippen molar-refractivity contribution >= 4 is 35.5 Å². The summed E-state index contributed by atoms with van der Waals surface area (Å²) in [6.07, 6.45) is 3.32. The van der Waals surface area contributed by atoms with Crippen LogP contribution in [-0.2, 0) is 6.54 Å². The summed E-state index contributed by atoms with van der Waals surface area (Å²) in [7, 11) is 0. The molecule has 0 saturated heterocycles. The molecular formula is C21H26IN3O. The maximum Gasteiger partial charge on any atom is 0.194 e. The molecular weight excluding hydrogens is 437 g/mol. The molecule has 4 nitrogen and oxygen atoms in total. The molecule has 0 unspecified atom stereocenters. The number of hydrogen-bond acceptors (Lipinski definition) is 2. The first-order valence-corrected chi connectivity index (χ1v) is 8.82. The zero-order chi connectivity index (χ0) is 17.5. The summed E-state index contributed by atoms with van der Waals surface area (Å²) in [5.74, 6) is 1.23. The lowest BCUT2D eigenvalue weighted by Gasteiger charge is -2.30. The molecule has 2 aromatic rings. The Morgan fingerprint density at radius 3 is 2.46 bits per heavy atom. The molecule has 26 heavy (non-hydrogen) atoms. The second kappa shape index (κ2) is 10.2. The van der Waals surface area contributed by atoms with Crippen LogP contribution in [0.5, 0.6) is 5.75 Å². The van der Waals surface area contributed by atoms with E-state index in [1.165, 1.54) is 11.1 Å². The normalized spacial score (nSPS) is 14.4. The van der Waals surface area contributed by atoms with Gasteiger partial charge in [-0.3, -0.25) is 0 Å². The minimum atomic E-state index is 0. The first-order valence-electron chi connectivity index (χ1n) is 8.82. The molecule has 0 atom stereocenters. The minimum Gasteiger partial charge on any atom is -0.508 e. The van der Waals surface area contributed by atoms with Crippen LogP contribution < -0.4 is 5.32 Å². The molecule has 1 heterocycles. The molecule has 0 amide bonds. The van der Waals surface area contributed by atoms with Gasteiger partial charge in [0.05, 0.1) is 6.54 Å². The average Bonchev–Trinajstić information content (AvgIpc) is 2.67. The van der Waals surface area contributed by atoms with E-state index in [9.17, 15) is 5.11 Å². The number of nitrogens with one attached hydrogen (secondary N) is 1. The average molecular weight is 463 g/mol. The van der Waals surface area contributed by atoms with Gasteiger partial charge < -0.3 is 15.3 Å². The number of benzene rings is 2. The van der Waals surface area contributed by atoms with Gasteiger partial charge in [0, 0.05) is 19.6 Å². The molecule has 0 spiro atoms. The van der Waals surface area contributed by atoms with E-state index in [2.05, 4.69) is 53.5 Å². The molecule has 0 aliphatic carbocycles. The van der Waals surface area contributed by atoms with Gasteiger partial charge in [-0.1, -0.05) is 48.5 Å². The molecule has 138 valence electrons. The third kappa shape index (κ3) is 5.49. The third-order valence-electron chi connectivity index (χ3n) is 4.34. The van der Waals surface area contributed by atoms with E-state index in [4.69, 9.17) is 4.99 Å². The number of phenolic OH excluding ortho intramolecular Hbond substituents is 1. The summed E-state index contributed by atoms with van der Waals surface area (Å²) in [4.78, 5) is 7.04. The Balaban J connectivity index is 0.00000243. The first kappa shape index (κ1) is 20.3. The molecule has 0 bridgehead atoms. The highest BCUT2D eigenvalue weighted by molar-refractivity contribution is 14.0. The largest absolute Gasteiger partial charge is 0.508 e. The van der Waals surface area contributed by atoms with Crippen LogP contribution in [0.25, 0.3) is 5.57 Å². The number of rotatable bonds is 4. The second-order valence-electron chi connectivity index (χ2n) is 6.13. The Morgan fingerprint density at radius 1 is 1.12 bits per heavy atom. The van der Waals surface area contributed by atoms with E-state index < -0.39 is 0 Å². The number of guanidine groups is 1. The standard InChI is InChI=1S/C21H25N3O.HI/c1-2-22-21(23-16-17-8-10-20(25)11-9-17)24-14-12-19(13-15-24)18-6-4-3-5-7-18;/h3-12,25H,2,13-16H2,1H3,(H,22,23);1H. The minimum absolute atomic E-state index is 0. The van der Waals surface area contributed by atoms with Crippen molar-refractivity contribution in [1.82, 2.24) is 10.2 Å². The fourth-order valence-electron chi connectivity index (χ4n) is 2.97. The van der Waals surface area contributed by atoms with E-state index in [1.807, 2.05) is 12.1 Å². The van der Waals surface area contributed by atoms with Crippen molar-refractivity contribution in [2.24, 2.45) is 4.99 Å². The lowest BCUT2D eigenvalue weighted by Crippen LogP contribution is -2.43. The van der Waals surface area contributed by atoms with Gasteiger partial charge >= 0.3 is 0 Å². The van der Waals surface area contributed by atoms with Crippen molar-refractivity contribution in [2.75, 3.05) is 19.6 Å². The summed E-state index contributed by atoms with van der Waals surface area (Å²) in [6, 6.07) is 17.8. The molecule has 0 fully saturated rings. The van der Waals surface area contributed by atoms with Gasteiger partial charge in [-0.25, -0.2) is 4.99 Å². The number of phenols is 1. The smallest absolute Gasteiger partial charge is 0.194 e. The number of nitrogens with zero attached hydrogens (tertiary/aromatic N) is 2. The molecule has 3 rings (SSSR count). The Kier molecular flexibility index (Phi) is 7.97. The van der Waals surface area contributed by atoms with Gasteiger partial charge in [0.15, 0.2) is 5.96 Å². The zero-order valence-electron chi connectivity index (χ0n) is 15.1. The van der Waals surface area contributed by atoms with Crippen LogP contribution in [0.3, 0.4) is 0 Å². The highest BCUT2D eigenvalue weighted by atomic mass is 127. The predicted molar refractivity (Wildman–Crippen MR) is 119 cm³/mol. The van der Waals surface area contributed by atoms with Crippen molar-refractivity contribution in [3.8, 4) is 5.75 Å². The Morgan fingerprint density at radius 2 is 1.85 bits per heavy atom. The van der Waals surface area contributed by atoms with Crippen LogP contribution in [-0.4, -0.2) is 35.6 Å². The number of aromatic hydroxyl groups is 1. The predicted octanol–water partition coefficient (Wildman–Crippen LogP) is 4.27. The molecule has 5 heteroatoms. The molecule has 0 radical (unpaired) electrons. The van der Waals surface area contributed by atoms with Crippen LogP contribution in [0.4, 0.5) is 0 Å². The van der Waals surface area contributed by atoms with Gasteiger partial charge in [0.1, 0.15) is 5.75 Å². The molecule has 0 aromatic heterocycles. The van der Waals surface area contributed by atoms with Gasteiger partial charge in [-0.15, -0.1) is 24.0 Å². The van der Waals surface area contributed by atoms with Crippen LogP contribution in [0.2, 0.25) is 0 Å². The summed E-state index contributed by atoms with van der Waals surface area (Å²) in [6.45, 7) is 5.37. The maximum atomic E-state index is 9.38. The fraction of sp³-hybridized carbons (Fsp3) is 0.286. The van der Waals surface area contributed by atoms with Gasteiger partial charge in [-0.2, -0.15) is 0 Å². The summed E-state index contributed by atoms with van der Waals surface area (Å²) >= 11 is 0. The molecule has 0 saturated carbocycles. The van der Waals surface area contributed by atoms with Gasteiger partial charge in [0.25, 0.3) is 0 Å². The molecule has 2 N–H and O–H groups in total. The Bertz CT molecular complexity index is 742.